The monoisotopic (exact) mass is 328 g/mol. The maximum atomic E-state index is 11.5. The van der Waals surface area contributed by atoms with Crippen molar-refractivity contribution in [3.8, 4) is 0 Å². The molecule has 0 amide bonds. The van der Waals surface area contributed by atoms with Crippen LogP contribution in [0.3, 0.4) is 0 Å². The minimum atomic E-state index is -0.270. The lowest BCUT2D eigenvalue weighted by Gasteiger charge is -2.15. The Balaban J connectivity index is 3.95. The molecule has 0 aromatic heterocycles. The smallest absolute Gasteiger partial charge is 0.331 e. The first kappa shape index (κ1) is 21.2. The van der Waals surface area contributed by atoms with Gasteiger partial charge in [0, 0.05) is 11.0 Å². The summed E-state index contributed by atoms with van der Waals surface area (Å²) in [6.45, 7) is 12.0. The van der Waals surface area contributed by atoms with Gasteiger partial charge in [0.1, 0.15) is 0 Å². The Kier molecular flexibility index (Phi) is 10.5. The highest BCUT2D eigenvalue weighted by Gasteiger charge is 2.12. The van der Waals surface area contributed by atoms with Crippen molar-refractivity contribution in [2.24, 2.45) is 5.92 Å². The molecule has 0 aliphatic heterocycles. The second-order valence-electron chi connectivity index (χ2n) is 7.08. The van der Waals surface area contributed by atoms with Gasteiger partial charge in [-0.2, -0.15) is 0 Å². The van der Waals surface area contributed by atoms with Crippen molar-refractivity contribution in [3.05, 3.63) is 23.8 Å². The SMILES string of the molecule is CC(C=CCC(C)CCCCC(C)(C)Cl)=CC(=O)OC(C)C. The number of hydrogen-bond acceptors (Lipinski definition) is 2. The van der Waals surface area contributed by atoms with Crippen molar-refractivity contribution in [2.45, 2.75) is 84.6 Å². The molecule has 0 aliphatic rings. The van der Waals surface area contributed by atoms with Gasteiger partial charge in [-0.15, -0.1) is 11.6 Å². The van der Waals surface area contributed by atoms with Gasteiger partial charge in [-0.05, 0) is 59.0 Å². The summed E-state index contributed by atoms with van der Waals surface area (Å²) in [5.41, 5.74) is 0.932. The maximum Gasteiger partial charge on any atom is 0.331 e. The van der Waals surface area contributed by atoms with E-state index in [1.54, 1.807) is 6.08 Å². The lowest BCUT2D eigenvalue weighted by Crippen LogP contribution is -2.09. The molecule has 0 aliphatic carbocycles. The molecule has 3 heteroatoms. The fourth-order valence-electron chi connectivity index (χ4n) is 2.14. The highest BCUT2D eigenvalue weighted by atomic mass is 35.5. The number of ether oxygens (including phenoxy) is 1. The molecule has 0 heterocycles. The van der Waals surface area contributed by atoms with Gasteiger partial charge >= 0.3 is 5.97 Å². The first-order valence-electron chi connectivity index (χ1n) is 8.34. The van der Waals surface area contributed by atoms with E-state index < -0.39 is 0 Å². The quantitative estimate of drug-likeness (QED) is 0.160. The van der Waals surface area contributed by atoms with Crippen LogP contribution in [0, 0.1) is 5.92 Å². The van der Waals surface area contributed by atoms with Crippen LogP contribution in [0.1, 0.15) is 73.6 Å². The number of halogens is 1. The minimum Gasteiger partial charge on any atom is -0.460 e. The number of esters is 1. The summed E-state index contributed by atoms with van der Waals surface area (Å²) in [4.78, 5) is 11.4. The molecule has 1 unspecified atom stereocenters. The molecule has 0 radical (unpaired) electrons. The lowest BCUT2D eigenvalue weighted by atomic mass is 9.97. The van der Waals surface area contributed by atoms with E-state index in [0.29, 0.717) is 5.92 Å². The number of carbonyl (C=O) groups is 1. The van der Waals surface area contributed by atoms with E-state index >= 15 is 0 Å². The van der Waals surface area contributed by atoms with Crippen LogP contribution in [-0.4, -0.2) is 16.9 Å². The lowest BCUT2D eigenvalue weighted by molar-refractivity contribution is -0.141. The van der Waals surface area contributed by atoms with E-state index in [4.69, 9.17) is 16.3 Å². The molecular weight excluding hydrogens is 296 g/mol. The Bertz CT molecular complexity index is 375. The fraction of sp³-hybridized carbons (Fsp3) is 0.737. The van der Waals surface area contributed by atoms with E-state index in [0.717, 1.165) is 18.4 Å². The highest BCUT2D eigenvalue weighted by Crippen LogP contribution is 2.22. The highest BCUT2D eigenvalue weighted by molar-refractivity contribution is 6.23. The zero-order chi connectivity index (χ0) is 17.2. The van der Waals surface area contributed by atoms with Crippen molar-refractivity contribution in [1.29, 1.82) is 0 Å². The van der Waals surface area contributed by atoms with Gasteiger partial charge in [0.2, 0.25) is 0 Å². The van der Waals surface area contributed by atoms with Crippen LogP contribution in [0.5, 0.6) is 0 Å². The molecule has 0 aromatic rings. The van der Waals surface area contributed by atoms with Gasteiger partial charge in [-0.25, -0.2) is 4.79 Å². The number of alkyl halides is 1. The van der Waals surface area contributed by atoms with Crippen LogP contribution < -0.4 is 0 Å². The van der Waals surface area contributed by atoms with Gasteiger partial charge in [0.15, 0.2) is 0 Å². The molecule has 0 saturated carbocycles. The Labute approximate surface area is 142 Å². The summed E-state index contributed by atoms with van der Waals surface area (Å²) in [5.74, 6) is 0.388. The summed E-state index contributed by atoms with van der Waals surface area (Å²) < 4.78 is 5.08. The Hall–Kier alpha value is -0.760. The minimum absolute atomic E-state index is 0.0708. The number of allylic oxidation sites excluding steroid dienone is 3. The van der Waals surface area contributed by atoms with Crippen molar-refractivity contribution in [1.82, 2.24) is 0 Å². The third-order valence-corrected chi connectivity index (χ3v) is 3.52. The predicted octanol–water partition coefficient (Wildman–Crippen LogP) is 6.04. The maximum absolute atomic E-state index is 11.5. The van der Waals surface area contributed by atoms with Crippen LogP contribution in [-0.2, 0) is 9.53 Å². The summed E-state index contributed by atoms with van der Waals surface area (Å²) in [6.07, 6.45) is 11.3. The van der Waals surface area contributed by atoms with Gasteiger partial charge in [-0.3, -0.25) is 0 Å². The molecule has 0 aromatic carbocycles. The topological polar surface area (TPSA) is 26.3 Å². The summed E-state index contributed by atoms with van der Waals surface area (Å²) >= 11 is 6.18. The third-order valence-electron chi connectivity index (χ3n) is 3.33. The second kappa shape index (κ2) is 10.9. The van der Waals surface area contributed by atoms with Crippen LogP contribution >= 0.6 is 11.6 Å². The van der Waals surface area contributed by atoms with Crippen molar-refractivity contribution in [2.75, 3.05) is 0 Å². The molecule has 0 spiro atoms. The molecule has 0 saturated heterocycles. The molecule has 2 nitrogen and oxygen atoms in total. The summed E-state index contributed by atoms with van der Waals surface area (Å²) in [7, 11) is 0. The number of carbonyl (C=O) groups excluding carboxylic acids is 1. The van der Waals surface area contributed by atoms with Crippen molar-refractivity contribution >= 4 is 17.6 Å². The third kappa shape index (κ3) is 14.2. The molecule has 0 rings (SSSR count). The van der Waals surface area contributed by atoms with E-state index in [1.807, 2.05) is 26.8 Å². The molecular formula is C19H33ClO2. The standard InChI is InChI=1S/C19H33ClO2/c1-15(2)22-18(21)14-17(4)12-9-11-16(3)10-7-8-13-19(5,6)20/h9,12,14-16H,7-8,10-11,13H2,1-6H3. The molecule has 22 heavy (non-hydrogen) atoms. The van der Waals surface area contributed by atoms with Gasteiger partial charge in [0.05, 0.1) is 6.10 Å². The van der Waals surface area contributed by atoms with E-state index in [1.165, 1.54) is 19.3 Å². The largest absolute Gasteiger partial charge is 0.460 e. The first-order valence-corrected chi connectivity index (χ1v) is 8.72. The zero-order valence-electron chi connectivity index (χ0n) is 15.1. The van der Waals surface area contributed by atoms with Gasteiger partial charge in [0.25, 0.3) is 0 Å². The van der Waals surface area contributed by atoms with Crippen LogP contribution in [0.2, 0.25) is 0 Å². The van der Waals surface area contributed by atoms with Crippen LogP contribution in [0.15, 0.2) is 23.8 Å². The Morgan fingerprint density at radius 3 is 2.41 bits per heavy atom. The molecule has 0 N–H and O–H groups in total. The molecule has 128 valence electrons. The molecule has 0 fully saturated rings. The first-order chi connectivity index (χ1) is 10.1. The number of unbranched alkanes of at least 4 members (excludes halogenated alkanes) is 1. The van der Waals surface area contributed by atoms with Gasteiger partial charge < -0.3 is 4.74 Å². The van der Waals surface area contributed by atoms with E-state index in [-0.39, 0.29) is 16.9 Å². The van der Waals surface area contributed by atoms with Crippen molar-refractivity contribution < 1.29 is 9.53 Å². The van der Waals surface area contributed by atoms with Gasteiger partial charge in [-0.1, -0.05) is 38.3 Å². The number of rotatable bonds is 10. The Morgan fingerprint density at radius 1 is 1.23 bits per heavy atom. The molecule has 1 atom stereocenters. The average molecular weight is 329 g/mol. The normalized spacial score (nSPS) is 14.6. The average Bonchev–Trinajstić information content (AvgIpc) is 2.32. The molecule has 0 bridgehead atoms. The van der Waals surface area contributed by atoms with E-state index in [2.05, 4.69) is 26.8 Å². The van der Waals surface area contributed by atoms with Crippen LogP contribution in [0.4, 0.5) is 0 Å². The van der Waals surface area contributed by atoms with Crippen LogP contribution in [0.25, 0.3) is 0 Å². The summed E-state index contributed by atoms with van der Waals surface area (Å²) in [6, 6.07) is 0. The fourth-order valence-corrected chi connectivity index (χ4v) is 2.28. The summed E-state index contributed by atoms with van der Waals surface area (Å²) in [5, 5.41) is 0. The van der Waals surface area contributed by atoms with E-state index in [9.17, 15) is 4.79 Å². The van der Waals surface area contributed by atoms with Crippen molar-refractivity contribution in [3.63, 3.8) is 0 Å². The Morgan fingerprint density at radius 2 is 1.86 bits per heavy atom. The number of hydrogen-bond donors (Lipinski definition) is 0. The predicted molar refractivity (Wildman–Crippen MR) is 96.3 cm³/mol. The second-order valence-corrected chi connectivity index (χ2v) is 8.10. The zero-order valence-corrected chi connectivity index (χ0v) is 15.9.